The number of benzene rings is 3. The topological polar surface area (TPSA) is 46.6 Å². The van der Waals surface area contributed by atoms with Gasteiger partial charge in [0, 0.05) is 0 Å². The number of hydrogen-bond donors (Lipinski definition) is 0. The van der Waals surface area contributed by atoms with Crippen LogP contribution in [0.15, 0.2) is 83.8 Å². The van der Waals surface area contributed by atoms with Crippen LogP contribution in [0.5, 0.6) is 5.75 Å². The molecule has 0 aliphatic rings. The number of rotatable bonds is 6. The van der Waals surface area contributed by atoms with Crippen molar-refractivity contribution >= 4 is 15.7 Å². The molecule has 0 heterocycles. The molecule has 0 saturated heterocycles. The fourth-order valence-corrected chi connectivity index (χ4v) is 4.81. The Bertz CT molecular complexity index is 999. The highest BCUT2D eigenvalue weighted by Gasteiger charge is 2.30. The van der Waals surface area contributed by atoms with Crippen LogP contribution in [0.2, 0.25) is 0 Å². The first-order valence-corrected chi connectivity index (χ1v) is 10.2. The van der Waals surface area contributed by atoms with E-state index in [0.29, 0.717) is 11.4 Å². The van der Waals surface area contributed by atoms with Gasteiger partial charge in [0.25, 0.3) is 10.0 Å². The first kappa shape index (κ1) is 19.0. The zero-order valence-electron chi connectivity index (χ0n) is 15.7. The molecule has 0 radical (unpaired) electrons. The third-order valence-electron chi connectivity index (χ3n) is 4.51. The molecule has 3 aromatic rings. The van der Waals surface area contributed by atoms with Crippen molar-refractivity contribution in [1.29, 1.82) is 0 Å². The Morgan fingerprint density at radius 1 is 0.889 bits per heavy atom. The van der Waals surface area contributed by atoms with Crippen LogP contribution in [0, 0.1) is 6.92 Å². The normalized spacial score (nSPS) is 12.4. The monoisotopic (exact) mass is 381 g/mol. The van der Waals surface area contributed by atoms with Crippen LogP contribution in [-0.4, -0.2) is 15.5 Å². The predicted octanol–water partition coefficient (Wildman–Crippen LogP) is 4.96. The van der Waals surface area contributed by atoms with Gasteiger partial charge in [-0.15, -0.1) is 0 Å². The van der Waals surface area contributed by atoms with Crippen molar-refractivity contribution in [1.82, 2.24) is 0 Å². The van der Waals surface area contributed by atoms with Gasteiger partial charge in [0.15, 0.2) is 0 Å². The molecule has 0 N–H and O–H groups in total. The Balaban J connectivity index is 2.14. The van der Waals surface area contributed by atoms with Crippen molar-refractivity contribution in [3.63, 3.8) is 0 Å². The first-order valence-electron chi connectivity index (χ1n) is 8.73. The van der Waals surface area contributed by atoms with Gasteiger partial charge < -0.3 is 4.74 Å². The van der Waals surface area contributed by atoms with Gasteiger partial charge in [-0.25, -0.2) is 8.42 Å². The van der Waals surface area contributed by atoms with Crippen LogP contribution >= 0.6 is 0 Å². The van der Waals surface area contributed by atoms with Crippen LogP contribution in [-0.2, 0) is 10.0 Å². The number of anilines is 1. The third kappa shape index (κ3) is 3.98. The SMILES string of the molecule is COc1ccc(N([C@@H](C)c2ccccc2)S(=O)(=O)c2cccc(C)c2)cc1. The van der Waals surface area contributed by atoms with Crippen molar-refractivity contribution in [3.8, 4) is 5.75 Å². The van der Waals surface area contributed by atoms with E-state index in [2.05, 4.69) is 0 Å². The quantitative estimate of drug-likeness (QED) is 0.606. The molecule has 3 aromatic carbocycles. The second-order valence-electron chi connectivity index (χ2n) is 6.40. The molecule has 0 amide bonds. The highest BCUT2D eigenvalue weighted by atomic mass is 32.2. The summed E-state index contributed by atoms with van der Waals surface area (Å²) in [7, 11) is -2.16. The lowest BCUT2D eigenvalue weighted by atomic mass is 10.1. The van der Waals surface area contributed by atoms with Crippen LogP contribution in [0.3, 0.4) is 0 Å². The Kier molecular flexibility index (Phi) is 5.51. The van der Waals surface area contributed by atoms with Crippen LogP contribution in [0.1, 0.15) is 24.1 Å². The van der Waals surface area contributed by atoms with Crippen molar-refractivity contribution in [3.05, 3.63) is 90.0 Å². The Morgan fingerprint density at radius 2 is 1.56 bits per heavy atom. The Labute approximate surface area is 161 Å². The van der Waals surface area contributed by atoms with E-state index in [1.54, 1.807) is 49.6 Å². The Morgan fingerprint density at radius 3 is 2.15 bits per heavy atom. The lowest BCUT2D eigenvalue weighted by Gasteiger charge is -2.31. The summed E-state index contributed by atoms with van der Waals surface area (Å²) in [6.07, 6.45) is 0. The molecule has 0 bridgehead atoms. The molecule has 27 heavy (non-hydrogen) atoms. The summed E-state index contributed by atoms with van der Waals surface area (Å²) in [6, 6.07) is 23.3. The van der Waals surface area contributed by atoms with Gasteiger partial charge in [-0.1, -0.05) is 42.5 Å². The van der Waals surface area contributed by atoms with E-state index in [0.717, 1.165) is 11.1 Å². The van der Waals surface area contributed by atoms with E-state index < -0.39 is 10.0 Å². The highest BCUT2D eigenvalue weighted by molar-refractivity contribution is 7.92. The molecule has 140 valence electrons. The minimum Gasteiger partial charge on any atom is -0.497 e. The number of sulfonamides is 1. The molecule has 0 spiro atoms. The maximum Gasteiger partial charge on any atom is 0.264 e. The first-order chi connectivity index (χ1) is 12.9. The maximum atomic E-state index is 13.5. The molecule has 1 atom stereocenters. The average molecular weight is 381 g/mol. The summed E-state index contributed by atoms with van der Waals surface area (Å²) in [5.41, 5.74) is 2.41. The van der Waals surface area contributed by atoms with Gasteiger partial charge in [-0.05, 0) is 61.4 Å². The molecule has 0 unspecified atom stereocenters. The van der Waals surface area contributed by atoms with E-state index in [9.17, 15) is 8.42 Å². The molecular weight excluding hydrogens is 358 g/mol. The van der Waals surface area contributed by atoms with Crippen molar-refractivity contribution in [2.75, 3.05) is 11.4 Å². The second kappa shape index (κ2) is 7.84. The van der Waals surface area contributed by atoms with E-state index in [1.807, 2.05) is 50.2 Å². The molecule has 0 fully saturated rings. The van der Waals surface area contributed by atoms with Crippen LogP contribution < -0.4 is 9.04 Å². The zero-order chi connectivity index (χ0) is 19.4. The summed E-state index contributed by atoms with van der Waals surface area (Å²) in [6.45, 7) is 3.78. The van der Waals surface area contributed by atoms with Gasteiger partial charge in [-0.2, -0.15) is 0 Å². The fraction of sp³-hybridized carbons (Fsp3) is 0.182. The number of methoxy groups -OCH3 is 1. The molecule has 4 nitrogen and oxygen atoms in total. The number of hydrogen-bond acceptors (Lipinski definition) is 3. The molecule has 0 aliphatic carbocycles. The van der Waals surface area contributed by atoms with Crippen molar-refractivity contribution < 1.29 is 13.2 Å². The van der Waals surface area contributed by atoms with Crippen LogP contribution in [0.4, 0.5) is 5.69 Å². The molecule has 0 aromatic heterocycles. The summed E-state index contributed by atoms with van der Waals surface area (Å²) in [5, 5.41) is 0. The number of ether oxygens (including phenoxy) is 1. The summed E-state index contributed by atoms with van der Waals surface area (Å²) in [5.74, 6) is 0.680. The summed E-state index contributed by atoms with van der Waals surface area (Å²) in [4.78, 5) is 0.279. The summed E-state index contributed by atoms with van der Waals surface area (Å²) >= 11 is 0. The van der Waals surface area contributed by atoms with E-state index in [-0.39, 0.29) is 10.9 Å². The minimum absolute atomic E-state index is 0.279. The largest absolute Gasteiger partial charge is 0.497 e. The number of nitrogens with zero attached hydrogens (tertiary/aromatic N) is 1. The maximum absolute atomic E-state index is 13.5. The predicted molar refractivity (Wildman–Crippen MR) is 109 cm³/mol. The lowest BCUT2D eigenvalue weighted by molar-refractivity contribution is 0.415. The van der Waals surface area contributed by atoms with Gasteiger partial charge >= 0.3 is 0 Å². The van der Waals surface area contributed by atoms with Gasteiger partial charge in [0.05, 0.1) is 23.7 Å². The smallest absolute Gasteiger partial charge is 0.264 e. The van der Waals surface area contributed by atoms with E-state index in [1.165, 1.54) is 4.31 Å². The molecule has 5 heteroatoms. The van der Waals surface area contributed by atoms with Gasteiger partial charge in [0.2, 0.25) is 0 Å². The zero-order valence-corrected chi connectivity index (χ0v) is 16.5. The van der Waals surface area contributed by atoms with Crippen LogP contribution in [0.25, 0.3) is 0 Å². The molecular formula is C22H23NO3S. The highest BCUT2D eigenvalue weighted by Crippen LogP contribution is 2.34. The van der Waals surface area contributed by atoms with Crippen molar-refractivity contribution in [2.24, 2.45) is 0 Å². The molecule has 0 aliphatic heterocycles. The van der Waals surface area contributed by atoms with Gasteiger partial charge in [0.1, 0.15) is 5.75 Å². The fourth-order valence-electron chi connectivity index (χ4n) is 3.06. The van der Waals surface area contributed by atoms with E-state index >= 15 is 0 Å². The standard InChI is InChI=1S/C22H23NO3S/c1-17-8-7-11-22(16-17)27(24,25)23(18(2)19-9-5-4-6-10-19)20-12-14-21(26-3)15-13-20/h4-16,18H,1-3H3/t18-/m0/s1. The summed E-state index contributed by atoms with van der Waals surface area (Å²) < 4.78 is 33.8. The van der Waals surface area contributed by atoms with E-state index in [4.69, 9.17) is 4.74 Å². The Hall–Kier alpha value is -2.79. The molecule has 3 rings (SSSR count). The van der Waals surface area contributed by atoms with Gasteiger partial charge in [-0.3, -0.25) is 4.31 Å². The average Bonchev–Trinajstić information content (AvgIpc) is 2.69. The minimum atomic E-state index is -3.75. The third-order valence-corrected chi connectivity index (χ3v) is 6.40. The lowest BCUT2D eigenvalue weighted by Crippen LogP contribution is -2.33. The van der Waals surface area contributed by atoms with Crippen molar-refractivity contribution in [2.45, 2.75) is 24.8 Å². The second-order valence-corrected chi connectivity index (χ2v) is 8.22. The number of aryl methyl sites for hydroxylation is 1. The molecule has 0 saturated carbocycles.